The molecule has 0 radical (unpaired) electrons. The molecule has 1 rings (SSSR count). The van der Waals surface area contributed by atoms with Crippen molar-refractivity contribution in [3.05, 3.63) is 122 Å². The standard InChI is InChI=1S/C66H111NO8/c1-3-5-7-9-11-13-15-17-19-21-22-23-24-25-26-27-28-29-30-31-32-33-34-35-36-37-38-40-42-44-46-48-50-52-54-56-62(70)67-59(58-74-66-65(73)64(72)63(71)61(57-68)75-66)60(69)55-53-51-49-47-45-43-41-39-20-18-16-14-12-10-8-6-4-2/h5,7,11,13,17,19-20,22-23,25-26,28-29,31-32,39,45,47,53,55,59-61,63-66,68-69,71-73H,3-4,6,8-10,12,14-16,18,21,24,27,30,33-38,40-44,46,48-52,54,56-58H2,1-2H3,(H,67,70)/b7-5-,13-11-,19-17-,23-22-,26-25-,29-28-,32-31-,39-20+,47-45+,55-53+. The minimum Gasteiger partial charge on any atom is -0.394 e. The van der Waals surface area contributed by atoms with Crippen molar-refractivity contribution in [2.45, 2.75) is 275 Å². The van der Waals surface area contributed by atoms with E-state index in [0.717, 1.165) is 96.3 Å². The van der Waals surface area contributed by atoms with Crippen molar-refractivity contribution in [3.63, 3.8) is 0 Å². The lowest BCUT2D eigenvalue weighted by molar-refractivity contribution is -0.302. The van der Waals surface area contributed by atoms with E-state index in [-0.39, 0.29) is 12.5 Å². The molecule has 7 atom stereocenters. The predicted octanol–water partition coefficient (Wildman–Crippen LogP) is 15.5. The highest BCUT2D eigenvalue weighted by atomic mass is 16.7. The van der Waals surface area contributed by atoms with Gasteiger partial charge in [-0.25, -0.2) is 0 Å². The van der Waals surface area contributed by atoms with Crippen molar-refractivity contribution in [3.8, 4) is 0 Å². The van der Waals surface area contributed by atoms with Crippen molar-refractivity contribution in [2.75, 3.05) is 13.2 Å². The van der Waals surface area contributed by atoms with E-state index in [1.807, 2.05) is 6.08 Å². The van der Waals surface area contributed by atoms with Crippen molar-refractivity contribution in [1.82, 2.24) is 5.32 Å². The summed E-state index contributed by atoms with van der Waals surface area (Å²) in [4.78, 5) is 13.1. The van der Waals surface area contributed by atoms with Gasteiger partial charge in [0.1, 0.15) is 24.4 Å². The molecular weight excluding hydrogens is 935 g/mol. The molecule has 75 heavy (non-hydrogen) atoms. The molecule has 1 aliphatic rings. The Hall–Kier alpha value is -3.41. The third-order valence-corrected chi connectivity index (χ3v) is 13.5. The fourth-order valence-electron chi connectivity index (χ4n) is 8.76. The molecule has 0 aromatic carbocycles. The topological polar surface area (TPSA) is 149 Å². The van der Waals surface area contributed by atoms with Gasteiger partial charge < -0.3 is 40.3 Å². The lowest BCUT2D eigenvalue weighted by atomic mass is 9.99. The highest BCUT2D eigenvalue weighted by Crippen LogP contribution is 2.23. The van der Waals surface area contributed by atoms with Crippen molar-refractivity contribution >= 4 is 5.91 Å². The van der Waals surface area contributed by atoms with E-state index in [2.05, 4.69) is 129 Å². The van der Waals surface area contributed by atoms with Crippen LogP contribution in [-0.4, -0.2) is 87.5 Å². The van der Waals surface area contributed by atoms with Gasteiger partial charge in [-0.05, 0) is 103 Å². The number of amides is 1. The molecule has 1 saturated heterocycles. The number of carbonyl (C=O) groups excluding carboxylic acids is 1. The Labute approximate surface area is 458 Å². The molecule has 6 N–H and O–H groups in total. The van der Waals surface area contributed by atoms with Gasteiger partial charge in [-0.15, -0.1) is 0 Å². The SMILES string of the molecule is CC/C=C\C/C=C\C/C=C\C/C=C\C/C=C\C/C=C\C/C=C\CCCCCCCCCCCCCCCC(=O)NC(COC1OC(CO)C(O)C(O)C1O)C(O)/C=C/CC/C=C/CC/C=C/CCCCCCCCC. The van der Waals surface area contributed by atoms with E-state index in [9.17, 15) is 30.3 Å². The largest absolute Gasteiger partial charge is 0.394 e. The Balaban J connectivity index is 2.19. The molecule has 0 bridgehead atoms. The number of ether oxygens (including phenoxy) is 2. The van der Waals surface area contributed by atoms with E-state index in [1.54, 1.807) is 6.08 Å². The van der Waals surface area contributed by atoms with Crippen LogP contribution in [0.3, 0.4) is 0 Å². The maximum absolute atomic E-state index is 13.1. The number of hydrogen-bond acceptors (Lipinski definition) is 8. The van der Waals surface area contributed by atoms with Crippen LogP contribution in [0, 0.1) is 0 Å². The minimum atomic E-state index is -1.58. The van der Waals surface area contributed by atoms with Gasteiger partial charge in [-0.2, -0.15) is 0 Å². The van der Waals surface area contributed by atoms with Crippen LogP contribution in [0.1, 0.15) is 232 Å². The number of hydrogen-bond donors (Lipinski definition) is 6. The summed E-state index contributed by atoms with van der Waals surface area (Å²) < 4.78 is 11.2. The number of aliphatic hydroxyl groups excluding tert-OH is 5. The number of rotatable bonds is 50. The molecule has 1 fully saturated rings. The Kier molecular flexibility index (Phi) is 50.1. The average Bonchev–Trinajstić information content (AvgIpc) is 3.41. The zero-order chi connectivity index (χ0) is 54.3. The van der Waals surface area contributed by atoms with Crippen LogP contribution in [0.2, 0.25) is 0 Å². The number of nitrogens with one attached hydrogen (secondary N) is 1. The summed E-state index contributed by atoms with van der Waals surface area (Å²) in [6, 6.07) is -0.836. The molecule has 1 amide bonds. The fourth-order valence-corrected chi connectivity index (χ4v) is 8.76. The van der Waals surface area contributed by atoms with Crippen LogP contribution >= 0.6 is 0 Å². The summed E-state index contributed by atoms with van der Waals surface area (Å²) in [6.45, 7) is 3.63. The van der Waals surface area contributed by atoms with Gasteiger partial charge in [-0.1, -0.05) is 245 Å². The lowest BCUT2D eigenvalue weighted by Crippen LogP contribution is -2.60. The van der Waals surface area contributed by atoms with Gasteiger partial charge in [0.15, 0.2) is 6.29 Å². The number of carbonyl (C=O) groups is 1. The third-order valence-electron chi connectivity index (χ3n) is 13.5. The molecular formula is C66H111NO8. The normalized spacial score (nSPS) is 19.8. The van der Waals surface area contributed by atoms with E-state index < -0.39 is 49.5 Å². The van der Waals surface area contributed by atoms with Gasteiger partial charge in [0.25, 0.3) is 0 Å². The molecule has 1 aliphatic heterocycles. The molecule has 9 nitrogen and oxygen atoms in total. The Morgan fingerprint density at radius 1 is 0.467 bits per heavy atom. The quantitative estimate of drug-likeness (QED) is 0.0261. The average molecular weight is 1050 g/mol. The monoisotopic (exact) mass is 1050 g/mol. The van der Waals surface area contributed by atoms with Crippen LogP contribution in [0.4, 0.5) is 0 Å². The number of unbranched alkanes of at least 4 members (excludes halogenated alkanes) is 22. The summed E-state index contributed by atoms with van der Waals surface area (Å²) in [5.74, 6) is -0.197. The molecule has 0 aromatic rings. The maximum Gasteiger partial charge on any atom is 0.220 e. The van der Waals surface area contributed by atoms with Gasteiger partial charge >= 0.3 is 0 Å². The van der Waals surface area contributed by atoms with E-state index in [1.165, 1.54) is 116 Å². The Morgan fingerprint density at radius 2 is 0.840 bits per heavy atom. The molecule has 428 valence electrons. The van der Waals surface area contributed by atoms with Crippen molar-refractivity contribution in [1.29, 1.82) is 0 Å². The first-order valence-electron chi connectivity index (χ1n) is 30.3. The molecule has 0 aliphatic carbocycles. The summed E-state index contributed by atoms with van der Waals surface area (Å²) in [5, 5.41) is 54.5. The molecule has 9 heteroatoms. The highest BCUT2D eigenvalue weighted by molar-refractivity contribution is 5.76. The van der Waals surface area contributed by atoms with E-state index in [0.29, 0.717) is 6.42 Å². The minimum absolute atomic E-state index is 0.197. The van der Waals surface area contributed by atoms with Crippen molar-refractivity contribution < 1.29 is 39.8 Å². The molecule has 7 unspecified atom stereocenters. The predicted molar refractivity (Wildman–Crippen MR) is 317 cm³/mol. The highest BCUT2D eigenvalue weighted by Gasteiger charge is 2.44. The van der Waals surface area contributed by atoms with Crippen LogP contribution in [0.5, 0.6) is 0 Å². The fraction of sp³-hybridized carbons (Fsp3) is 0.682. The van der Waals surface area contributed by atoms with E-state index in [4.69, 9.17) is 9.47 Å². The number of allylic oxidation sites excluding steroid dienone is 19. The summed E-state index contributed by atoms with van der Waals surface area (Å²) in [5.41, 5.74) is 0. The van der Waals surface area contributed by atoms with Gasteiger partial charge in [0.2, 0.25) is 5.91 Å². The van der Waals surface area contributed by atoms with Crippen LogP contribution in [0.25, 0.3) is 0 Å². The first-order valence-corrected chi connectivity index (χ1v) is 30.3. The Morgan fingerprint density at radius 3 is 1.28 bits per heavy atom. The van der Waals surface area contributed by atoms with Crippen LogP contribution in [0.15, 0.2) is 122 Å². The first kappa shape index (κ1) is 69.6. The van der Waals surface area contributed by atoms with Crippen molar-refractivity contribution in [2.24, 2.45) is 0 Å². The van der Waals surface area contributed by atoms with E-state index >= 15 is 0 Å². The summed E-state index contributed by atoms with van der Waals surface area (Å²) in [6.07, 6.45) is 74.1. The zero-order valence-corrected chi connectivity index (χ0v) is 47.5. The zero-order valence-electron chi connectivity index (χ0n) is 47.5. The first-order chi connectivity index (χ1) is 36.8. The van der Waals surface area contributed by atoms with Gasteiger partial charge in [-0.3, -0.25) is 4.79 Å². The van der Waals surface area contributed by atoms with Crippen LogP contribution in [-0.2, 0) is 14.3 Å². The lowest BCUT2D eigenvalue weighted by Gasteiger charge is -2.40. The molecule has 0 aromatic heterocycles. The number of aliphatic hydroxyl groups is 5. The summed E-state index contributed by atoms with van der Waals surface area (Å²) in [7, 11) is 0. The maximum atomic E-state index is 13.1. The van der Waals surface area contributed by atoms with Gasteiger partial charge in [0.05, 0.1) is 25.4 Å². The second-order valence-corrected chi connectivity index (χ2v) is 20.4. The smallest absolute Gasteiger partial charge is 0.220 e. The Bertz CT molecular complexity index is 1590. The second kappa shape index (κ2) is 54.0. The van der Waals surface area contributed by atoms with Crippen LogP contribution < -0.4 is 5.32 Å². The third kappa shape index (κ3) is 43.3. The molecule has 0 spiro atoms. The second-order valence-electron chi connectivity index (χ2n) is 20.4. The van der Waals surface area contributed by atoms with Gasteiger partial charge in [0, 0.05) is 6.42 Å². The molecule has 0 saturated carbocycles. The summed E-state index contributed by atoms with van der Waals surface area (Å²) >= 11 is 0. The molecule has 1 heterocycles.